The van der Waals surface area contributed by atoms with Crippen molar-refractivity contribution in [1.82, 2.24) is 4.90 Å². The fourth-order valence-electron chi connectivity index (χ4n) is 8.52. The average Bonchev–Trinajstić information content (AvgIpc) is 3.35. The van der Waals surface area contributed by atoms with Crippen molar-refractivity contribution in [2.45, 2.75) is 42.9 Å². The van der Waals surface area contributed by atoms with Gasteiger partial charge in [-0.25, -0.2) is 5.21 Å². The molecule has 36 heavy (non-hydrogen) atoms. The van der Waals surface area contributed by atoms with Crippen LogP contribution in [0.5, 0.6) is 0 Å². The summed E-state index contributed by atoms with van der Waals surface area (Å²) in [5.74, 6) is 1.02. The van der Waals surface area contributed by atoms with Crippen molar-refractivity contribution in [2.24, 2.45) is 16.8 Å². The monoisotopic (exact) mass is 484 g/mol. The van der Waals surface area contributed by atoms with Gasteiger partial charge < -0.3 is 14.8 Å². The van der Waals surface area contributed by atoms with E-state index in [0.717, 1.165) is 42.9 Å². The number of piperidine rings is 2. The summed E-state index contributed by atoms with van der Waals surface area (Å²) in [6, 6.07) is 13.6. The molecule has 2 aromatic carbocycles. The van der Waals surface area contributed by atoms with Gasteiger partial charge >= 0.3 is 0 Å². The molecule has 0 radical (unpaired) electrons. The first-order valence-corrected chi connectivity index (χ1v) is 12.9. The minimum Gasteiger partial charge on any atom is -0.595 e. The third-order valence-electron chi connectivity index (χ3n) is 9.79. The number of anilines is 1. The number of amides is 1. The molecular formula is C28H28N4O4. The predicted molar refractivity (Wildman–Crippen MR) is 133 cm³/mol. The van der Waals surface area contributed by atoms with E-state index in [1.807, 2.05) is 12.1 Å². The highest BCUT2D eigenvalue weighted by Gasteiger charge is 2.71. The maximum atomic E-state index is 13.6. The molecule has 3 saturated heterocycles. The molecule has 1 saturated carbocycles. The number of carbonyl (C=O) groups excluding carboxylic acids is 1. The number of nitrogens with zero attached hydrogens (tertiary/aromatic N) is 3. The number of carbonyl (C=O) groups is 1. The van der Waals surface area contributed by atoms with Crippen molar-refractivity contribution < 1.29 is 20.0 Å². The molecule has 1 unspecified atom stereocenters. The summed E-state index contributed by atoms with van der Waals surface area (Å²) in [4.78, 5) is 23.1. The summed E-state index contributed by atoms with van der Waals surface area (Å²) in [5.41, 5.74) is 5.58. The van der Waals surface area contributed by atoms with Crippen molar-refractivity contribution in [1.29, 1.82) is 0 Å². The van der Waals surface area contributed by atoms with Gasteiger partial charge in [0.2, 0.25) is 5.91 Å². The van der Waals surface area contributed by atoms with Gasteiger partial charge in [0.05, 0.1) is 30.9 Å². The lowest BCUT2D eigenvalue weighted by Crippen LogP contribution is -2.99. The molecule has 1 spiro atoms. The molecule has 1 aliphatic carbocycles. The molecule has 5 aliphatic heterocycles. The second-order valence-electron chi connectivity index (χ2n) is 11.1. The Labute approximate surface area is 209 Å². The number of aliphatic imine (C=N–C) groups is 1. The van der Waals surface area contributed by atoms with Crippen LogP contribution in [0.25, 0.3) is 0 Å². The van der Waals surface area contributed by atoms with Gasteiger partial charge in [-0.1, -0.05) is 23.8 Å². The quantitative estimate of drug-likeness (QED) is 0.396. The van der Waals surface area contributed by atoms with Crippen LogP contribution in [0.4, 0.5) is 17.1 Å². The SMILES string of the molecule is O=C1C[C@@H]2OCC=C3CN4CC[C@]56c7cc(N=Cc8cccc([NH+]([O-])O)c8)ccc7N1[C@H]5[C@@H]2[C@@H]3C[C@H]46. The van der Waals surface area contributed by atoms with E-state index >= 15 is 0 Å². The number of quaternary nitrogens is 1. The molecule has 8 rings (SSSR count). The van der Waals surface area contributed by atoms with Crippen LogP contribution in [0.1, 0.15) is 30.4 Å². The van der Waals surface area contributed by atoms with E-state index in [1.165, 1.54) is 11.1 Å². The Bertz CT molecular complexity index is 1350. The van der Waals surface area contributed by atoms with Gasteiger partial charge in [0, 0.05) is 48.0 Å². The van der Waals surface area contributed by atoms with Crippen LogP contribution in [-0.4, -0.2) is 60.1 Å². The number of hydrogen-bond acceptors (Lipinski definition) is 6. The summed E-state index contributed by atoms with van der Waals surface area (Å²) >= 11 is 0. The number of rotatable bonds is 3. The van der Waals surface area contributed by atoms with Crippen molar-refractivity contribution in [3.05, 3.63) is 70.4 Å². The third-order valence-corrected chi connectivity index (χ3v) is 9.79. The summed E-state index contributed by atoms with van der Waals surface area (Å²) in [6.45, 7) is 2.70. The number of hydrogen-bond donors (Lipinski definition) is 2. The van der Waals surface area contributed by atoms with E-state index in [1.54, 1.807) is 24.4 Å². The molecule has 2 N–H and O–H groups in total. The maximum absolute atomic E-state index is 13.6. The van der Waals surface area contributed by atoms with E-state index in [0.29, 0.717) is 30.9 Å². The normalized spacial score (nSPS) is 36.6. The molecule has 2 bridgehead atoms. The summed E-state index contributed by atoms with van der Waals surface area (Å²) in [7, 11) is 0. The van der Waals surface area contributed by atoms with Crippen molar-refractivity contribution in [2.75, 3.05) is 24.6 Å². The highest BCUT2D eigenvalue weighted by molar-refractivity contribution is 5.99. The van der Waals surface area contributed by atoms with Crippen LogP contribution >= 0.6 is 0 Å². The number of ether oxygens (including phenoxy) is 1. The summed E-state index contributed by atoms with van der Waals surface area (Å²) in [6.07, 6.45) is 6.68. The minimum atomic E-state index is -0.948. The number of benzene rings is 2. The van der Waals surface area contributed by atoms with Gasteiger partial charge in [-0.05, 0) is 54.6 Å². The van der Waals surface area contributed by atoms with Crippen LogP contribution in [0.3, 0.4) is 0 Å². The van der Waals surface area contributed by atoms with Gasteiger partial charge in [0.25, 0.3) is 0 Å². The average molecular weight is 485 g/mol. The molecule has 0 aromatic heterocycles. The molecule has 1 amide bonds. The van der Waals surface area contributed by atoms with E-state index < -0.39 is 5.23 Å². The molecule has 8 heteroatoms. The molecule has 184 valence electrons. The topological polar surface area (TPSA) is 92.9 Å². The predicted octanol–water partition coefficient (Wildman–Crippen LogP) is 2.25. The minimum absolute atomic E-state index is 0.00390. The molecule has 4 fully saturated rings. The Morgan fingerprint density at radius 1 is 1.25 bits per heavy atom. The van der Waals surface area contributed by atoms with Gasteiger partial charge in [0.15, 0.2) is 5.69 Å². The van der Waals surface area contributed by atoms with Crippen LogP contribution in [0.2, 0.25) is 0 Å². The first-order chi connectivity index (χ1) is 17.5. The van der Waals surface area contributed by atoms with E-state index in [-0.39, 0.29) is 29.2 Å². The summed E-state index contributed by atoms with van der Waals surface area (Å²) < 4.78 is 6.32. The molecule has 7 atom stereocenters. The van der Waals surface area contributed by atoms with Crippen LogP contribution in [0.15, 0.2) is 59.1 Å². The van der Waals surface area contributed by atoms with Crippen molar-refractivity contribution in [3.63, 3.8) is 0 Å². The number of fused-ring (bicyclic) bond motifs is 2. The smallest absolute Gasteiger partial charge is 0.229 e. The van der Waals surface area contributed by atoms with E-state index in [2.05, 4.69) is 28.0 Å². The lowest BCUT2D eigenvalue weighted by molar-refractivity contribution is -0.991. The lowest BCUT2D eigenvalue weighted by atomic mass is 9.53. The first-order valence-electron chi connectivity index (χ1n) is 12.9. The fraction of sp³-hybridized carbons (Fsp3) is 0.429. The van der Waals surface area contributed by atoms with Crippen molar-refractivity contribution >= 4 is 29.2 Å². The molecule has 8 nitrogen and oxygen atoms in total. The Morgan fingerprint density at radius 3 is 3.06 bits per heavy atom. The third kappa shape index (κ3) is 2.65. The highest BCUT2D eigenvalue weighted by atomic mass is 16.8. The van der Waals surface area contributed by atoms with Gasteiger partial charge in [-0.3, -0.25) is 14.7 Å². The van der Waals surface area contributed by atoms with E-state index in [9.17, 15) is 15.2 Å². The molecule has 2 aromatic rings. The van der Waals surface area contributed by atoms with Gasteiger partial charge in [-0.2, -0.15) is 5.23 Å². The maximum Gasteiger partial charge on any atom is 0.229 e. The Hall–Kier alpha value is -2.88. The molecule has 5 heterocycles. The highest BCUT2D eigenvalue weighted by Crippen LogP contribution is 2.66. The Balaban J connectivity index is 1.24. The molecule has 6 aliphatic rings. The summed E-state index contributed by atoms with van der Waals surface area (Å²) in [5, 5.41) is 19.7. The first kappa shape index (κ1) is 21.2. The van der Waals surface area contributed by atoms with Crippen molar-refractivity contribution in [3.8, 4) is 0 Å². The Morgan fingerprint density at radius 2 is 2.17 bits per heavy atom. The lowest BCUT2D eigenvalue weighted by Gasteiger charge is -2.58. The Kier molecular flexibility index (Phi) is 4.33. The standard InChI is InChI=1S/C28H28N4O4/c33-25-13-23-26-20-12-24-28(7-8-30(24)15-17(20)6-9-36-23)21-11-18(4-5-22(21)31(25)27(26)28)29-14-16-2-1-3-19(10-16)32(34)35/h1-6,10-11,14,20,23-24,26-27,32,34H,7-9,12-13,15H2/t20-,23+,24+,26-,27+,28-/m1/s1. The van der Waals surface area contributed by atoms with Gasteiger partial charge in [-0.15, -0.1) is 0 Å². The second-order valence-corrected chi connectivity index (χ2v) is 11.1. The zero-order valence-electron chi connectivity index (χ0n) is 19.8. The fourth-order valence-corrected chi connectivity index (χ4v) is 8.52. The largest absolute Gasteiger partial charge is 0.595 e. The molecular weight excluding hydrogens is 456 g/mol. The second kappa shape index (κ2) is 7.34. The van der Waals surface area contributed by atoms with E-state index in [4.69, 9.17) is 9.73 Å². The zero-order valence-corrected chi connectivity index (χ0v) is 19.8. The number of nitrogens with one attached hydrogen (secondary N) is 1. The van der Waals surface area contributed by atoms with Crippen LogP contribution < -0.4 is 10.1 Å². The van der Waals surface area contributed by atoms with Gasteiger partial charge in [0.1, 0.15) is 0 Å². The zero-order chi connectivity index (χ0) is 24.2. The van der Waals surface area contributed by atoms with Crippen LogP contribution in [0, 0.1) is 17.0 Å². The van der Waals surface area contributed by atoms with Crippen LogP contribution in [-0.2, 0) is 14.9 Å².